The summed E-state index contributed by atoms with van der Waals surface area (Å²) in [7, 11) is 0. The summed E-state index contributed by atoms with van der Waals surface area (Å²) in [6.07, 6.45) is 0. The normalized spacial score (nSPS) is 12.0. The summed E-state index contributed by atoms with van der Waals surface area (Å²) in [6.45, 7) is 4.52. The van der Waals surface area contributed by atoms with Crippen LogP contribution in [0.3, 0.4) is 0 Å². The van der Waals surface area contributed by atoms with E-state index in [9.17, 15) is 0 Å². The first-order chi connectivity index (χ1) is 23.5. The Labute approximate surface area is 278 Å². The Morgan fingerprint density at radius 1 is 0.396 bits per heavy atom. The summed E-state index contributed by atoms with van der Waals surface area (Å²) in [6, 6.07) is 52.8. The Kier molecular flexibility index (Phi) is 6.44. The van der Waals surface area contributed by atoms with Gasteiger partial charge in [0.2, 0.25) is 0 Å². The average molecular weight is 618 g/mol. The molecule has 0 atom stereocenters. The van der Waals surface area contributed by atoms with Crippen LogP contribution >= 0.6 is 0 Å². The molecule has 4 heteroatoms. The molecule has 48 heavy (non-hydrogen) atoms. The highest BCUT2D eigenvalue weighted by molar-refractivity contribution is 6.16. The molecule has 9 aromatic rings. The number of fused-ring (bicyclic) bond motifs is 6. The van der Waals surface area contributed by atoms with Crippen LogP contribution in [0.1, 0.15) is 25.0 Å². The molecule has 0 saturated carbocycles. The molecule has 0 aliphatic rings. The molecule has 9 rings (SSSR count). The van der Waals surface area contributed by atoms with Crippen LogP contribution in [0.4, 0.5) is 0 Å². The summed E-state index contributed by atoms with van der Waals surface area (Å²) >= 11 is 0. The van der Waals surface area contributed by atoms with Gasteiger partial charge in [-0.1, -0.05) is 141 Å². The maximum absolute atomic E-state index is 6.17. The summed E-state index contributed by atoms with van der Waals surface area (Å²) in [5.74, 6) is 1.94. The van der Waals surface area contributed by atoms with E-state index in [1.54, 1.807) is 0 Å². The lowest BCUT2D eigenvalue weighted by molar-refractivity contribution is 0.641. The number of rotatable bonds is 5. The van der Waals surface area contributed by atoms with Gasteiger partial charge in [-0.25, -0.2) is 15.0 Å². The number of para-hydroxylation sites is 1. The molecule has 0 amide bonds. The lowest BCUT2D eigenvalue weighted by atomic mass is 9.78. The zero-order valence-electron chi connectivity index (χ0n) is 26.7. The largest absolute Gasteiger partial charge is 0.456 e. The number of benzene rings is 7. The van der Waals surface area contributed by atoms with Crippen LogP contribution in [-0.2, 0) is 5.41 Å². The van der Waals surface area contributed by atoms with Crippen LogP contribution < -0.4 is 0 Å². The average Bonchev–Trinajstić information content (AvgIpc) is 3.51. The van der Waals surface area contributed by atoms with Crippen LogP contribution in [0, 0.1) is 0 Å². The lowest BCUT2D eigenvalue weighted by Gasteiger charge is -2.26. The second-order valence-corrected chi connectivity index (χ2v) is 12.9. The van der Waals surface area contributed by atoms with E-state index >= 15 is 0 Å². The third-order valence-electron chi connectivity index (χ3n) is 9.62. The molecule has 228 valence electrons. The van der Waals surface area contributed by atoms with Crippen molar-refractivity contribution in [2.75, 3.05) is 0 Å². The monoisotopic (exact) mass is 617 g/mol. The highest BCUT2D eigenvalue weighted by Gasteiger charge is 2.23. The standard InChI is InChI=1S/C44H31N3O/c1-44(2,33-13-7-4-8-14-33)34-22-19-29(20-23-34)42-45-41(28-11-5-3-6-12-28)46-43(47-42)32-21-24-35-30(25-32)17-18-31-26-40-38(27-37(31)35)36-15-9-10-16-39(36)48-40/h3-27H,1-2H3. The van der Waals surface area contributed by atoms with Crippen molar-refractivity contribution < 1.29 is 4.42 Å². The zero-order valence-corrected chi connectivity index (χ0v) is 26.7. The Balaban J connectivity index is 1.16. The Hall–Kier alpha value is -6.13. The fraction of sp³-hybridized carbons (Fsp3) is 0.0682. The van der Waals surface area contributed by atoms with E-state index < -0.39 is 0 Å². The maximum Gasteiger partial charge on any atom is 0.164 e. The van der Waals surface area contributed by atoms with E-state index in [-0.39, 0.29) is 5.41 Å². The number of furan rings is 1. The van der Waals surface area contributed by atoms with Gasteiger partial charge >= 0.3 is 0 Å². The van der Waals surface area contributed by atoms with Gasteiger partial charge in [0.05, 0.1) is 0 Å². The van der Waals surface area contributed by atoms with Crippen LogP contribution in [0.25, 0.3) is 77.6 Å². The van der Waals surface area contributed by atoms with Crippen LogP contribution in [0.5, 0.6) is 0 Å². The molecular formula is C44H31N3O. The fourth-order valence-electron chi connectivity index (χ4n) is 6.83. The van der Waals surface area contributed by atoms with Gasteiger partial charge in [0.25, 0.3) is 0 Å². The van der Waals surface area contributed by atoms with Crippen molar-refractivity contribution >= 4 is 43.5 Å². The van der Waals surface area contributed by atoms with Gasteiger partial charge in [0.1, 0.15) is 11.2 Å². The molecule has 0 fully saturated rings. The first-order valence-corrected chi connectivity index (χ1v) is 16.3. The SMILES string of the molecule is CC(C)(c1ccccc1)c1ccc(-c2nc(-c3ccccc3)nc(-c3ccc4c(ccc5cc6oc7ccccc7c6cc54)c3)n2)cc1. The molecule has 0 N–H and O–H groups in total. The smallest absolute Gasteiger partial charge is 0.164 e. The number of aromatic nitrogens is 3. The Morgan fingerprint density at radius 2 is 0.958 bits per heavy atom. The summed E-state index contributed by atoms with van der Waals surface area (Å²) < 4.78 is 6.17. The first kappa shape index (κ1) is 28.1. The Morgan fingerprint density at radius 3 is 1.69 bits per heavy atom. The van der Waals surface area contributed by atoms with Gasteiger partial charge in [0.15, 0.2) is 17.5 Å². The van der Waals surface area contributed by atoms with Crippen LogP contribution in [0.2, 0.25) is 0 Å². The van der Waals surface area contributed by atoms with Crippen molar-refractivity contribution in [3.8, 4) is 34.2 Å². The molecule has 0 bridgehead atoms. The van der Waals surface area contributed by atoms with Gasteiger partial charge < -0.3 is 4.42 Å². The third kappa shape index (κ3) is 4.73. The quantitative estimate of drug-likeness (QED) is 0.180. The predicted molar refractivity (Wildman–Crippen MR) is 197 cm³/mol. The van der Waals surface area contributed by atoms with E-state index in [1.165, 1.54) is 21.9 Å². The first-order valence-electron chi connectivity index (χ1n) is 16.3. The van der Waals surface area contributed by atoms with E-state index in [2.05, 4.69) is 123 Å². The lowest BCUT2D eigenvalue weighted by Crippen LogP contribution is -2.18. The molecule has 0 unspecified atom stereocenters. The molecule has 0 aliphatic carbocycles. The number of nitrogens with zero attached hydrogens (tertiary/aromatic N) is 3. The number of hydrogen-bond donors (Lipinski definition) is 0. The second-order valence-electron chi connectivity index (χ2n) is 12.9. The fourth-order valence-corrected chi connectivity index (χ4v) is 6.83. The Bertz CT molecular complexity index is 2620. The van der Waals surface area contributed by atoms with E-state index in [4.69, 9.17) is 19.4 Å². The van der Waals surface area contributed by atoms with E-state index in [1.807, 2.05) is 42.5 Å². The molecule has 0 radical (unpaired) electrons. The van der Waals surface area contributed by atoms with Gasteiger partial charge in [0, 0.05) is 32.9 Å². The minimum atomic E-state index is -0.134. The van der Waals surface area contributed by atoms with E-state index in [0.717, 1.165) is 49.4 Å². The summed E-state index contributed by atoms with van der Waals surface area (Å²) in [4.78, 5) is 15.0. The highest BCUT2D eigenvalue weighted by atomic mass is 16.3. The van der Waals surface area contributed by atoms with Gasteiger partial charge in [-0.05, 0) is 56.9 Å². The van der Waals surface area contributed by atoms with Crippen LogP contribution in [0.15, 0.2) is 156 Å². The van der Waals surface area contributed by atoms with Crippen molar-refractivity contribution in [3.63, 3.8) is 0 Å². The summed E-state index contributed by atoms with van der Waals surface area (Å²) in [5.41, 5.74) is 7.03. The molecule has 2 aromatic heterocycles. The summed E-state index contributed by atoms with van der Waals surface area (Å²) in [5, 5.41) is 6.90. The van der Waals surface area contributed by atoms with Crippen molar-refractivity contribution in [2.45, 2.75) is 19.3 Å². The second kappa shape index (κ2) is 11.0. The predicted octanol–water partition coefficient (Wildman–Crippen LogP) is 11.4. The van der Waals surface area contributed by atoms with Gasteiger partial charge in [-0.2, -0.15) is 0 Å². The van der Waals surface area contributed by atoms with Crippen molar-refractivity contribution in [2.24, 2.45) is 0 Å². The highest BCUT2D eigenvalue weighted by Crippen LogP contribution is 2.37. The minimum absolute atomic E-state index is 0.134. The number of hydrogen-bond acceptors (Lipinski definition) is 4. The van der Waals surface area contributed by atoms with Gasteiger partial charge in [-0.15, -0.1) is 0 Å². The molecule has 4 nitrogen and oxygen atoms in total. The third-order valence-corrected chi connectivity index (χ3v) is 9.62. The van der Waals surface area contributed by atoms with Crippen LogP contribution in [-0.4, -0.2) is 15.0 Å². The topological polar surface area (TPSA) is 51.8 Å². The molecule has 0 saturated heterocycles. The molecule has 0 spiro atoms. The zero-order chi connectivity index (χ0) is 32.2. The minimum Gasteiger partial charge on any atom is -0.456 e. The van der Waals surface area contributed by atoms with Crippen molar-refractivity contribution in [1.82, 2.24) is 15.0 Å². The molecule has 2 heterocycles. The van der Waals surface area contributed by atoms with Gasteiger partial charge in [-0.3, -0.25) is 0 Å². The van der Waals surface area contributed by atoms with Crippen molar-refractivity contribution in [3.05, 3.63) is 163 Å². The maximum atomic E-state index is 6.17. The van der Waals surface area contributed by atoms with Crippen molar-refractivity contribution in [1.29, 1.82) is 0 Å². The molecule has 0 aliphatic heterocycles. The van der Waals surface area contributed by atoms with E-state index in [0.29, 0.717) is 17.5 Å². The molecular weight excluding hydrogens is 587 g/mol. The molecule has 7 aromatic carbocycles.